The van der Waals surface area contributed by atoms with Crippen molar-refractivity contribution in [1.82, 2.24) is 10.2 Å². The smallest absolute Gasteiger partial charge is 0.352 e. The van der Waals surface area contributed by atoms with Crippen LogP contribution in [0.1, 0.15) is 11.6 Å². The minimum absolute atomic E-state index is 0.0103. The number of primary amides is 1. The minimum Gasteiger partial charge on any atom is -0.477 e. The van der Waals surface area contributed by atoms with E-state index in [1.54, 1.807) is 24.3 Å². The average Bonchev–Trinajstić information content (AvgIpc) is 2.70. The lowest BCUT2D eigenvalue weighted by Gasteiger charge is -2.49. The zero-order valence-corrected chi connectivity index (χ0v) is 17.6. The molecule has 0 aliphatic carbocycles. The van der Waals surface area contributed by atoms with Crippen molar-refractivity contribution < 1.29 is 24.3 Å². The van der Waals surface area contributed by atoms with Crippen molar-refractivity contribution in [3.63, 3.8) is 0 Å². The summed E-state index contributed by atoms with van der Waals surface area (Å²) in [7, 11) is 0. The summed E-state index contributed by atoms with van der Waals surface area (Å²) in [6.45, 7) is 0. The second-order valence-corrected chi connectivity index (χ2v) is 8.61. The van der Waals surface area contributed by atoms with Gasteiger partial charge in [0.25, 0.3) is 5.91 Å². The van der Waals surface area contributed by atoms with E-state index in [9.17, 15) is 24.3 Å². The first-order valence-electron chi connectivity index (χ1n) is 8.86. The summed E-state index contributed by atoms with van der Waals surface area (Å²) >= 11 is 2.88. The largest absolute Gasteiger partial charge is 0.477 e. The third-order valence-electron chi connectivity index (χ3n) is 4.70. The maximum absolute atomic E-state index is 12.7. The van der Waals surface area contributed by atoms with E-state index < -0.39 is 41.3 Å². The summed E-state index contributed by atoms with van der Waals surface area (Å²) in [5.74, 6) is -1.31. The number of rotatable bonds is 7. The van der Waals surface area contributed by atoms with Crippen molar-refractivity contribution >= 4 is 53.0 Å². The normalized spacial score (nSPS) is 21.4. The number of carbonyl (C=O) groups is 4. The van der Waals surface area contributed by atoms with E-state index in [2.05, 4.69) is 10.6 Å². The molecule has 0 saturated carbocycles. The van der Waals surface area contributed by atoms with Gasteiger partial charge in [-0.05, 0) is 17.9 Å². The first-order valence-corrected chi connectivity index (χ1v) is 11.3. The lowest BCUT2D eigenvalue weighted by atomic mass is 10.0. The van der Waals surface area contributed by atoms with Gasteiger partial charge in [-0.3, -0.25) is 14.5 Å². The molecule has 3 atom stereocenters. The van der Waals surface area contributed by atoms with Crippen LogP contribution in [0.25, 0.3) is 0 Å². The highest BCUT2D eigenvalue weighted by Gasteiger charge is 2.54. The van der Waals surface area contributed by atoms with Gasteiger partial charge < -0.3 is 27.2 Å². The predicted molar refractivity (Wildman–Crippen MR) is 115 cm³/mol. The fourth-order valence-corrected chi connectivity index (χ4v) is 5.43. The fourth-order valence-electron chi connectivity index (χ4n) is 3.37. The molecular weight excluding hydrogens is 430 g/mol. The summed E-state index contributed by atoms with van der Waals surface area (Å²) in [4.78, 5) is 49.4. The number of urea groups is 1. The van der Waals surface area contributed by atoms with E-state index in [0.29, 0.717) is 28.3 Å². The molecule has 7 N–H and O–H groups in total. The van der Waals surface area contributed by atoms with Crippen LogP contribution in [-0.2, 0) is 14.4 Å². The number of aliphatic carboxylic acids is 1. The van der Waals surface area contributed by atoms with Gasteiger partial charge in [0.2, 0.25) is 5.91 Å². The van der Waals surface area contributed by atoms with Crippen molar-refractivity contribution in [3.8, 4) is 0 Å². The molecule has 0 bridgehead atoms. The number of carboxylic acids is 1. The Kier molecular flexibility index (Phi) is 6.58. The Morgan fingerprint density at radius 3 is 2.70 bits per heavy atom. The average molecular weight is 452 g/mol. The molecule has 3 rings (SSSR count). The Bertz CT molecular complexity index is 937. The predicted octanol–water partition coefficient (Wildman–Crippen LogP) is 0.279. The molecular formula is C18H21N5O5S2. The van der Waals surface area contributed by atoms with Crippen LogP contribution in [0.3, 0.4) is 0 Å². The highest BCUT2D eigenvalue weighted by atomic mass is 32.2. The number of thioether (sulfide) groups is 2. The van der Waals surface area contributed by atoms with Crippen LogP contribution >= 0.6 is 23.5 Å². The quantitative estimate of drug-likeness (QED) is 0.368. The first kappa shape index (κ1) is 22.0. The topological polar surface area (TPSA) is 168 Å². The Labute approximate surface area is 180 Å². The minimum atomic E-state index is -1.16. The number of anilines is 1. The second-order valence-electron chi connectivity index (χ2n) is 6.64. The number of fused-ring (bicyclic) bond motifs is 1. The maximum Gasteiger partial charge on any atom is 0.352 e. The van der Waals surface area contributed by atoms with E-state index >= 15 is 0 Å². The van der Waals surface area contributed by atoms with Crippen molar-refractivity contribution in [2.75, 3.05) is 23.1 Å². The molecule has 12 heteroatoms. The van der Waals surface area contributed by atoms with Crippen LogP contribution < -0.4 is 22.1 Å². The lowest BCUT2D eigenvalue weighted by molar-refractivity contribution is -0.150. The number of para-hydroxylation sites is 1. The van der Waals surface area contributed by atoms with Gasteiger partial charge in [0.05, 0.1) is 0 Å². The molecule has 2 heterocycles. The van der Waals surface area contributed by atoms with Crippen LogP contribution in [0.4, 0.5) is 10.5 Å². The van der Waals surface area contributed by atoms with E-state index in [1.807, 2.05) is 6.26 Å². The van der Waals surface area contributed by atoms with Gasteiger partial charge in [-0.1, -0.05) is 18.2 Å². The van der Waals surface area contributed by atoms with E-state index in [4.69, 9.17) is 11.5 Å². The highest BCUT2D eigenvalue weighted by Crippen LogP contribution is 2.41. The Hall–Kier alpha value is -2.70. The van der Waals surface area contributed by atoms with Crippen LogP contribution in [-0.4, -0.2) is 63.0 Å². The number of nitrogens with two attached hydrogens (primary N) is 2. The van der Waals surface area contributed by atoms with E-state index in [0.717, 1.165) is 0 Å². The molecule has 0 radical (unpaired) electrons. The van der Waals surface area contributed by atoms with Gasteiger partial charge in [0.15, 0.2) is 0 Å². The molecule has 30 heavy (non-hydrogen) atoms. The van der Waals surface area contributed by atoms with Gasteiger partial charge in [-0.25, -0.2) is 9.59 Å². The zero-order valence-electron chi connectivity index (χ0n) is 16.0. The molecule has 2 unspecified atom stereocenters. The van der Waals surface area contributed by atoms with Crippen LogP contribution in [0.2, 0.25) is 0 Å². The number of hydrogen-bond acceptors (Lipinski definition) is 7. The summed E-state index contributed by atoms with van der Waals surface area (Å²) < 4.78 is 0. The van der Waals surface area contributed by atoms with E-state index in [1.165, 1.54) is 28.4 Å². The molecule has 2 aliphatic heterocycles. The number of amides is 4. The van der Waals surface area contributed by atoms with Crippen molar-refractivity contribution in [2.24, 2.45) is 11.5 Å². The third-order valence-corrected chi connectivity index (χ3v) is 6.68. The zero-order chi connectivity index (χ0) is 22.0. The second kappa shape index (κ2) is 8.98. The Balaban J connectivity index is 1.75. The van der Waals surface area contributed by atoms with E-state index in [-0.39, 0.29) is 5.70 Å². The summed E-state index contributed by atoms with van der Waals surface area (Å²) in [5.41, 5.74) is 12.5. The standard InChI is InChI=1S/C18H21N5O5S2/c1-29-6-8-7-30-16-12(15(25)23(16)13(8)17(26)27)22-14(24)11(19)9-4-2-3-5-10(9)21-18(20)28/h2-5,11-12,16H,6-7,19H2,1H3,(H,22,24)(H,26,27)(H3,20,21,28)/t11?,12?,16-/m1/s1. The fraction of sp³-hybridized carbons (Fsp3) is 0.333. The molecule has 0 spiro atoms. The Morgan fingerprint density at radius 2 is 2.07 bits per heavy atom. The molecule has 2 aliphatic rings. The molecule has 0 aromatic heterocycles. The first-order chi connectivity index (χ1) is 14.3. The van der Waals surface area contributed by atoms with Crippen molar-refractivity contribution in [3.05, 3.63) is 41.1 Å². The van der Waals surface area contributed by atoms with Crippen molar-refractivity contribution in [2.45, 2.75) is 17.5 Å². The number of β-lactam (4-membered cyclic amide) rings is 1. The number of hydrogen-bond donors (Lipinski definition) is 5. The lowest BCUT2D eigenvalue weighted by Crippen LogP contribution is -2.71. The molecule has 160 valence electrons. The number of nitrogens with one attached hydrogen (secondary N) is 2. The number of nitrogens with zero attached hydrogens (tertiary/aromatic N) is 1. The van der Waals surface area contributed by atoms with Gasteiger partial charge in [0.1, 0.15) is 23.2 Å². The Morgan fingerprint density at radius 1 is 1.37 bits per heavy atom. The molecule has 1 saturated heterocycles. The molecule has 1 aromatic rings. The monoisotopic (exact) mass is 451 g/mol. The SMILES string of the molecule is CSCC1=C(C(=O)O)N2C(=O)C(NC(=O)C(N)c3ccccc3NC(N)=O)[C@H]2SC1. The molecule has 1 aromatic carbocycles. The molecule has 10 nitrogen and oxygen atoms in total. The van der Waals surface area contributed by atoms with Gasteiger partial charge >= 0.3 is 12.0 Å². The van der Waals surface area contributed by atoms with Crippen LogP contribution in [0.5, 0.6) is 0 Å². The summed E-state index contributed by atoms with van der Waals surface area (Å²) in [6, 6.07) is 3.58. The summed E-state index contributed by atoms with van der Waals surface area (Å²) in [6.07, 6.45) is 1.86. The van der Waals surface area contributed by atoms with Gasteiger partial charge in [-0.15, -0.1) is 11.8 Å². The maximum atomic E-state index is 12.7. The van der Waals surface area contributed by atoms with Crippen LogP contribution in [0, 0.1) is 0 Å². The molecule has 4 amide bonds. The number of carbonyl (C=O) groups excluding carboxylic acids is 3. The van der Waals surface area contributed by atoms with Gasteiger partial charge in [0, 0.05) is 22.8 Å². The number of carboxylic acid groups (broad SMARTS) is 1. The van der Waals surface area contributed by atoms with Gasteiger partial charge in [-0.2, -0.15) is 11.8 Å². The van der Waals surface area contributed by atoms with Crippen LogP contribution in [0.15, 0.2) is 35.5 Å². The summed E-state index contributed by atoms with van der Waals surface area (Å²) in [5, 5.41) is 14.1. The third kappa shape index (κ3) is 4.11. The number of benzene rings is 1. The van der Waals surface area contributed by atoms with Crippen molar-refractivity contribution in [1.29, 1.82) is 0 Å². The molecule has 1 fully saturated rings. The highest BCUT2D eigenvalue weighted by molar-refractivity contribution is 8.00.